The Morgan fingerprint density at radius 2 is 1.82 bits per heavy atom. The topological polar surface area (TPSA) is 46.2 Å². The van der Waals surface area contributed by atoms with E-state index in [1.165, 1.54) is 5.56 Å². The SMILES string of the molecule is CCCS(=O)(=O)CCNC(C)c1ccccc1. The lowest BCUT2D eigenvalue weighted by atomic mass is 10.1. The molecule has 4 heteroatoms. The summed E-state index contributed by atoms with van der Waals surface area (Å²) in [5, 5.41) is 3.23. The molecule has 96 valence electrons. The number of nitrogens with one attached hydrogen (secondary N) is 1. The smallest absolute Gasteiger partial charge is 0.151 e. The zero-order valence-electron chi connectivity index (χ0n) is 10.5. The Balaban J connectivity index is 2.37. The van der Waals surface area contributed by atoms with Gasteiger partial charge >= 0.3 is 0 Å². The molecule has 0 amide bonds. The van der Waals surface area contributed by atoms with E-state index in [4.69, 9.17) is 0 Å². The normalized spacial score (nSPS) is 13.5. The predicted octanol–water partition coefficient (Wildman–Crippen LogP) is 2.16. The second-order valence-electron chi connectivity index (χ2n) is 4.24. The molecule has 0 aliphatic heterocycles. The van der Waals surface area contributed by atoms with Crippen LogP contribution in [-0.4, -0.2) is 26.5 Å². The Kier molecular flexibility index (Phi) is 5.65. The Hall–Kier alpha value is -0.870. The molecular weight excluding hydrogens is 234 g/mol. The van der Waals surface area contributed by atoms with Gasteiger partial charge in [-0.2, -0.15) is 0 Å². The molecule has 3 nitrogen and oxygen atoms in total. The Morgan fingerprint density at radius 3 is 2.41 bits per heavy atom. The van der Waals surface area contributed by atoms with Crippen molar-refractivity contribution in [3.63, 3.8) is 0 Å². The lowest BCUT2D eigenvalue weighted by Crippen LogP contribution is -2.26. The molecular formula is C13H21NO2S. The van der Waals surface area contributed by atoms with E-state index in [0.717, 1.165) is 0 Å². The van der Waals surface area contributed by atoms with E-state index < -0.39 is 9.84 Å². The Labute approximate surface area is 104 Å². The zero-order chi connectivity index (χ0) is 12.7. The summed E-state index contributed by atoms with van der Waals surface area (Å²) in [7, 11) is -2.87. The van der Waals surface area contributed by atoms with Crippen LogP contribution < -0.4 is 5.32 Å². The van der Waals surface area contributed by atoms with Gasteiger partial charge in [0.05, 0.1) is 5.75 Å². The first kappa shape index (κ1) is 14.2. The quantitative estimate of drug-likeness (QED) is 0.812. The summed E-state index contributed by atoms with van der Waals surface area (Å²) < 4.78 is 23.0. The molecule has 0 radical (unpaired) electrons. The fourth-order valence-corrected chi connectivity index (χ4v) is 2.96. The van der Waals surface area contributed by atoms with Crippen LogP contribution in [0.25, 0.3) is 0 Å². The third kappa shape index (κ3) is 5.33. The highest BCUT2D eigenvalue weighted by Gasteiger charge is 2.10. The number of hydrogen-bond donors (Lipinski definition) is 1. The first-order valence-electron chi connectivity index (χ1n) is 6.04. The van der Waals surface area contributed by atoms with Crippen molar-refractivity contribution in [1.82, 2.24) is 5.32 Å². The average molecular weight is 255 g/mol. The van der Waals surface area contributed by atoms with Crippen LogP contribution in [-0.2, 0) is 9.84 Å². The van der Waals surface area contributed by atoms with Crippen LogP contribution in [0.1, 0.15) is 31.9 Å². The van der Waals surface area contributed by atoms with Crippen molar-refractivity contribution in [1.29, 1.82) is 0 Å². The Bertz CT molecular complexity index is 414. The molecule has 0 heterocycles. The minimum absolute atomic E-state index is 0.188. The van der Waals surface area contributed by atoms with E-state index in [-0.39, 0.29) is 17.5 Å². The highest BCUT2D eigenvalue weighted by Crippen LogP contribution is 2.10. The van der Waals surface area contributed by atoms with Crippen LogP contribution in [0.15, 0.2) is 30.3 Å². The second-order valence-corrected chi connectivity index (χ2v) is 6.54. The van der Waals surface area contributed by atoms with E-state index in [1.807, 2.05) is 44.2 Å². The summed E-state index contributed by atoms with van der Waals surface area (Å²) in [5.41, 5.74) is 1.18. The largest absolute Gasteiger partial charge is 0.309 e. The maximum absolute atomic E-state index is 11.5. The molecule has 1 unspecified atom stereocenters. The molecule has 0 aromatic heterocycles. The molecule has 0 saturated carbocycles. The van der Waals surface area contributed by atoms with Crippen molar-refractivity contribution in [2.24, 2.45) is 0 Å². The van der Waals surface area contributed by atoms with Gasteiger partial charge < -0.3 is 5.32 Å². The van der Waals surface area contributed by atoms with E-state index in [0.29, 0.717) is 13.0 Å². The summed E-state index contributed by atoms with van der Waals surface area (Å²) in [6.45, 7) is 4.44. The monoisotopic (exact) mass is 255 g/mol. The van der Waals surface area contributed by atoms with Crippen molar-refractivity contribution in [3.05, 3.63) is 35.9 Å². The number of sulfone groups is 1. The van der Waals surface area contributed by atoms with Crippen molar-refractivity contribution in [3.8, 4) is 0 Å². The van der Waals surface area contributed by atoms with Gasteiger partial charge in [-0.25, -0.2) is 8.42 Å². The summed E-state index contributed by atoms with van der Waals surface area (Å²) >= 11 is 0. The fraction of sp³-hybridized carbons (Fsp3) is 0.538. The molecule has 17 heavy (non-hydrogen) atoms. The summed E-state index contributed by atoms with van der Waals surface area (Å²) in [4.78, 5) is 0. The molecule has 1 atom stereocenters. The average Bonchev–Trinajstić information content (AvgIpc) is 2.29. The summed E-state index contributed by atoms with van der Waals surface area (Å²) in [6.07, 6.45) is 0.691. The minimum atomic E-state index is -2.87. The van der Waals surface area contributed by atoms with Gasteiger partial charge in [0.2, 0.25) is 0 Å². The standard InChI is InChI=1S/C13H21NO2S/c1-3-10-17(15,16)11-9-14-12(2)13-7-5-4-6-8-13/h4-8,12,14H,3,9-11H2,1-2H3. The molecule has 0 saturated heterocycles. The number of hydrogen-bond acceptors (Lipinski definition) is 3. The molecule has 1 rings (SSSR count). The zero-order valence-corrected chi connectivity index (χ0v) is 11.3. The summed E-state index contributed by atoms with van der Waals surface area (Å²) in [5.74, 6) is 0.506. The van der Waals surface area contributed by atoms with Gasteiger partial charge in [0, 0.05) is 18.3 Å². The molecule has 1 N–H and O–H groups in total. The van der Waals surface area contributed by atoms with Gasteiger partial charge in [-0.1, -0.05) is 37.3 Å². The van der Waals surface area contributed by atoms with Crippen LogP contribution >= 0.6 is 0 Å². The van der Waals surface area contributed by atoms with Gasteiger partial charge in [0.1, 0.15) is 0 Å². The van der Waals surface area contributed by atoms with Crippen LogP contribution in [0.3, 0.4) is 0 Å². The summed E-state index contributed by atoms with van der Waals surface area (Å²) in [6, 6.07) is 10.2. The van der Waals surface area contributed by atoms with Gasteiger partial charge in [0.15, 0.2) is 9.84 Å². The molecule has 0 aliphatic carbocycles. The van der Waals surface area contributed by atoms with E-state index in [1.54, 1.807) is 0 Å². The van der Waals surface area contributed by atoms with E-state index >= 15 is 0 Å². The van der Waals surface area contributed by atoms with Gasteiger partial charge in [-0.15, -0.1) is 0 Å². The first-order chi connectivity index (χ1) is 8.05. The maximum atomic E-state index is 11.5. The number of benzene rings is 1. The molecule has 1 aromatic rings. The number of rotatable bonds is 7. The predicted molar refractivity (Wildman–Crippen MR) is 71.8 cm³/mol. The van der Waals surface area contributed by atoms with Crippen LogP contribution in [0.2, 0.25) is 0 Å². The third-order valence-corrected chi connectivity index (χ3v) is 4.53. The molecule has 0 spiro atoms. The lowest BCUT2D eigenvalue weighted by molar-refractivity contribution is 0.571. The third-order valence-electron chi connectivity index (χ3n) is 2.68. The first-order valence-corrected chi connectivity index (χ1v) is 7.86. The van der Waals surface area contributed by atoms with E-state index in [2.05, 4.69) is 5.32 Å². The van der Waals surface area contributed by atoms with Crippen molar-refractivity contribution < 1.29 is 8.42 Å². The molecule has 1 aromatic carbocycles. The van der Waals surface area contributed by atoms with Crippen LogP contribution in [0.4, 0.5) is 0 Å². The molecule has 0 bridgehead atoms. The van der Waals surface area contributed by atoms with Gasteiger partial charge in [-0.3, -0.25) is 0 Å². The second kappa shape index (κ2) is 6.77. The highest BCUT2D eigenvalue weighted by molar-refractivity contribution is 7.91. The van der Waals surface area contributed by atoms with Crippen LogP contribution in [0.5, 0.6) is 0 Å². The fourth-order valence-electron chi connectivity index (χ4n) is 1.70. The van der Waals surface area contributed by atoms with E-state index in [9.17, 15) is 8.42 Å². The lowest BCUT2D eigenvalue weighted by Gasteiger charge is -2.14. The van der Waals surface area contributed by atoms with Crippen molar-refractivity contribution >= 4 is 9.84 Å². The van der Waals surface area contributed by atoms with Crippen LogP contribution in [0, 0.1) is 0 Å². The Morgan fingerprint density at radius 1 is 1.18 bits per heavy atom. The maximum Gasteiger partial charge on any atom is 0.151 e. The van der Waals surface area contributed by atoms with Gasteiger partial charge in [0.25, 0.3) is 0 Å². The van der Waals surface area contributed by atoms with Crippen molar-refractivity contribution in [2.45, 2.75) is 26.3 Å². The highest BCUT2D eigenvalue weighted by atomic mass is 32.2. The van der Waals surface area contributed by atoms with Gasteiger partial charge in [-0.05, 0) is 18.9 Å². The minimum Gasteiger partial charge on any atom is -0.309 e. The molecule has 0 aliphatic rings. The van der Waals surface area contributed by atoms with Crippen molar-refractivity contribution in [2.75, 3.05) is 18.1 Å². The molecule has 0 fully saturated rings.